The summed E-state index contributed by atoms with van der Waals surface area (Å²) in [5, 5.41) is 0. The van der Waals surface area contributed by atoms with Gasteiger partial charge < -0.3 is 0 Å². The Morgan fingerprint density at radius 1 is 1.57 bits per heavy atom. The average Bonchev–Trinajstić information content (AvgIpc) is 2.10. The van der Waals surface area contributed by atoms with Crippen molar-refractivity contribution in [3.63, 3.8) is 0 Å². The average molecular weight is 212 g/mol. The van der Waals surface area contributed by atoms with Crippen LogP contribution in [0.3, 0.4) is 0 Å². The van der Waals surface area contributed by atoms with Crippen LogP contribution in [0.2, 0.25) is 0 Å². The van der Waals surface area contributed by atoms with Crippen molar-refractivity contribution in [2.45, 2.75) is 27.3 Å². The van der Waals surface area contributed by atoms with Gasteiger partial charge in [0.05, 0.1) is 0 Å². The van der Waals surface area contributed by atoms with E-state index in [0.29, 0.717) is 12.5 Å². The van der Waals surface area contributed by atoms with Gasteiger partial charge in [0.1, 0.15) is 0 Å². The van der Waals surface area contributed by atoms with Crippen LogP contribution in [-0.2, 0) is 6.54 Å². The Morgan fingerprint density at radius 3 is 2.71 bits per heavy atom. The van der Waals surface area contributed by atoms with E-state index in [1.807, 2.05) is 19.9 Å². The van der Waals surface area contributed by atoms with Crippen molar-refractivity contribution in [3.05, 3.63) is 27.9 Å². The molecule has 0 amide bonds. The second-order valence-corrected chi connectivity index (χ2v) is 4.08. The number of hydrogen-bond acceptors (Lipinski definition) is 3. The molecule has 1 aromatic rings. The molecule has 0 saturated carbocycles. The van der Waals surface area contributed by atoms with Gasteiger partial charge in [-0.15, -0.1) is 0 Å². The molecular weight excluding hydrogens is 196 g/mol. The fraction of sp³-hybridized carbons (Fsp3) is 0.600. The van der Waals surface area contributed by atoms with Crippen molar-refractivity contribution in [3.8, 4) is 0 Å². The minimum Gasteiger partial charge on any atom is -0.296 e. The number of nitrogens with zero attached hydrogens (tertiary/aromatic N) is 2. The zero-order valence-corrected chi connectivity index (χ0v) is 9.71. The number of thiol groups is 1. The SMILES string of the molecule is Cc1cc(C)n(CC(C)CS)c(=O)n1. The molecule has 0 fully saturated rings. The minimum atomic E-state index is -0.156. The lowest BCUT2D eigenvalue weighted by Crippen LogP contribution is -2.28. The van der Waals surface area contributed by atoms with Crippen LogP contribution in [0.4, 0.5) is 0 Å². The van der Waals surface area contributed by atoms with Crippen molar-refractivity contribution in [1.29, 1.82) is 0 Å². The van der Waals surface area contributed by atoms with Crippen LogP contribution >= 0.6 is 12.6 Å². The minimum absolute atomic E-state index is 0.156. The monoisotopic (exact) mass is 212 g/mol. The van der Waals surface area contributed by atoms with Crippen LogP contribution in [0, 0.1) is 19.8 Å². The first-order chi connectivity index (χ1) is 6.54. The van der Waals surface area contributed by atoms with Gasteiger partial charge in [-0.2, -0.15) is 17.6 Å². The molecule has 0 spiro atoms. The molecule has 3 nitrogen and oxygen atoms in total. The topological polar surface area (TPSA) is 34.9 Å². The summed E-state index contributed by atoms with van der Waals surface area (Å²) in [6.45, 7) is 6.53. The summed E-state index contributed by atoms with van der Waals surface area (Å²) in [5.74, 6) is 1.17. The predicted molar refractivity (Wildman–Crippen MR) is 61.0 cm³/mol. The molecule has 1 atom stereocenters. The van der Waals surface area contributed by atoms with Crippen molar-refractivity contribution < 1.29 is 0 Å². The van der Waals surface area contributed by atoms with Gasteiger partial charge in [-0.3, -0.25) is 4.57 Å². The third-order valence-corrected chi connectivity index (χ3v) is 2.78. The maximum absolute atomic E-state index is 11.5. The normalized spacial score (nSPS) is 12.9. The molecule has 14 heavy (non-hydrogen) atoms. The van der Waals surface area contributed by atoms with E-state index in [1.165, 1.54) is 0 Å². The lowest BCUT2D eigenvalue weighted by Gasteiger charge is -2.13. The highest BCUT2D eigenvalue weighted by molar-refractivity contribution is 7.80. The van der Waals surface area contributed by atoms with E-state index in [4.69, 9.17) is 0 Å². The molecule has 1 rings (SSSR count). The Bertz CT molecular complexity index is 373. The summed E-state index contributed by atoms with van der Waals surface area (Å²) in [5.41, 5.74) is 1.59. The van der Waals surface area contributed by atoms with E-state index in [9.17, 15) is 4.79 Å². The molecule has 0 N–H and O–H groups in total. The van der Waals surface area contributed by atoms with Crippen LogP contribution in [-0.4, -0.2) is 15.3 Å². The number of hydrogen-bond donors (Lipinski definition) is 1. The highest BCUT2D eigenvalue weighted by atomic mass is 32.1. The number of aryl methyl sites for hydroxylation is 2. The maximum atomic E-state index is 11.5. The smallest absolute Gasteiger partial charge is 0.296 e. The van der Waals surface area contributed by atoms with Crippen LogP contribution in [0.5, 0.6) is 0 Å². The Kier molecular flexibility index (Phi) is 3.75. The Morgan fingerprint density at radius 2 is 2.21 bits per heavy atom. The fourth-order valence-electron chi connectivity index (χ4n) is 1.37. The third kappa shape index (κ3) is 2.61. The maximum Gasteiger partial charge on any atom is 0.347 e. The first kappa shape index (κ1) is 11.3. The molecule has 0 aliphatic heterocycles. The lowest BCUT2D eigenvalue weighted by atomic mass is 10.2. The summed E-state index contributed by atoms with van der Waals surface area (Å²) in [7, 11) is 0. The van der Waals surface area contributed by atoms with E-state index in [-0.39, 0.29) is 5.69 Å². The highest BCUT2D eigenvalue weighted by Crippen LogP contribution is 2.03. The van der Waals surface area contributed by atoms with Gasteiger partial charge in [-0.25, -0.2) is 4.79 Å². The molecule has 4 heteroatoms. The molecule has 1 unspecified atom stereocenters. The highest BCUT2D eigenvalue weighted by Gasteiger charge is 2.06. The summed E-state index contributed by atoms with van der Waals surface area (Å²) in [6, 6.07) is 1.92. The Labute approximate surface area is 89.6 Å². The summed E-state index contributed by atoms with van der Waals surface area (Å²) in [4.78, 5) is 15.4. The van der Waals surface area contributed by atoms with Crippen molar-refractivity contribution in [1.82, 2.24) is 9.55 Å². The molecule has 1 aromatic heterocycles. The molecule has 0 radical (unpaired) electrons. The van der Waals surface area contributed by atoms with Gasteiger partial charge in [-0.05, 0) is 31.6 Å². The molecular formula is C10H16N2OS. The van der Waals surface area contributed by atoms with Crippen molar-refractivity contribution in [2.75, 3.05) is 5.75 Å². The molecule has 1 heterocycles. The Balaban J connectivity index is 3.03. The van der Waals surface area contributed by atoms with Crippen molar-refractivity contribution >= 4 is 12.6 Å². The Hall–Kier alpha value is -0.770. The van der Waals surface area contributed by atoms with Crippen LogP contribution in [0.25, 0.3) is 0 Å². The van der Waals surface area contributed by atoms with Gasteiger partial charge in [-0.1, -0.05) is 6.92 Å². The predicted octanol–water partition coefficient (Wildman–Crippen LogP) is 1.43. The zero-order valence-electron chi connectivity index (χ0n) is 8.82. The van der Waals surface area contributed by atoms with Gasteiger partial charge in [0.25, 0.3) is 0 Å². The van der Waals surface area contributed by atoms with Crippen molar-refractivity contribution in [2.24, 2.45) is 5.92 Å². The van der Waals surface area contributed by atoms with E-state index in [0.717, 1.165) is 17.1 Å². The molecule has 0 saturated heterocycles. The second kappa shape index (κ2) is 4.64. The largest absolute Gasteiger partial charge is 0.347 e. The number of aromatic nitrogens is 2. The standard InChI is InChI=1S/C10H16N2OS/c1-7(6-14)5-12-9(3)4-8(2)11-10(12)13/h4,7,14H,5-6H2,1-3H3. The second-order valence-electron chi connectivity index (χ2n) is 3.72. The van der Waals surface area contributed by atoms with Crippen LogP contribution < -0.4 is 5.69 Å². The molecule has 0 bridgehead atoms. The van der Waals surface area contributed by atoms with E-state index < -0.39 is 0 Å². The summed E-state index contributed by atoms with van der Waals surface area (Å²) in [6.07, 6.45) is 0. The van der Waals surface area contributed by atoms with Crippen LogP contribution in [0.15, 0.2) is 10.9 Å². The zero-order chi connectivity index (χ0) is 10.7. The van der Waals surface area contributed by atoms with Crippen LogP contribution in [0.1, 0.15) is 18.3 Å². The van der Waals surface area contributed by atoms with Gasteiger partial charge in [0, 0.05) is 17.9 Å². The van der Waals surface area contributed by atoms with Gasteiger partial charge in [0.2, 0.25) is 0 Å². The van der Waals surface area contributed by atoms with E-state index in [2.05, 4.69) is 24.5 Å². The van der Waals surface area contributed by atoms with E-state index >= 15 is 0 Å². The molecule has 0 aliphatic rings. The quantitative estimate of drug-likeness (QED) is 0.769. The third-order valence-electron chi connectivity index (χ3n) is 2.15. The molecule has 78 valence electrons. The summed E-state index contributed by atoms with van der Waals surface area (Å²) < 4.78 is 1.70. The molecule has 0 aliphatic carbocycles. The first-order valence-electron chi connectivity index (χ1n) is 4.70. The van der Waals surface area contributed by atoms with Gasteiger partial charge >= 0.3 is 5.69 Å². The van der Waals surface area contributed by atoms with E-state index in [1.54, 1.807) is 4.57 Å². The summed E-state index contributed by atoms with van der Waals surface area (Å²) >= 11 is 4.20. The molecule has 0 aromatic carbocycles. The van der Waals surface area contributed by atoms with Gasteiger partial charge in [0.15, 0.2) is 0 Å². The number of rotatable bonds is 3. The lowest BCUT2D eigenvalue weighted by molar-refractivity contribution is 0.500. The fourth-order valence-corrected chi connectivity index (χ4v) is 1.48. The first-order valence-corrected chi connectivity index (χ1v) is 5.33.